The second kappa shape index (κ2) is 6.71. The fourth-order valence-electron chi connectivity index (χ4n) is 1.93. The topological polar surface area (TPSA) is 77.5 Å². The summed E-state index contributed by atoms with van der Waals surface area (Å²) in [4.78, 5) is 28.2. The van der Waals surface area contributed by atoms with E-state index < -0.39 is 5.91 Å². The van der Waals surface area contributed by atoms with Gasteiger partial charge in [0.05, 0.1) is 19.8 Å². The quantitative estimate of drug-likeness (QED) is 0.859. The first-order valence-corrected chi connectivity index (χ1v) is 6.57. The molecule has 22 heavy (non-hydrogen) atoms. The molecule has 0 aliphatic heterocycles. The largest absolute Gasteiger partial charge is 0.491 e. The average molecular weight is 300 g/mol. The molecule has 0 atom stereocenters. The van der Waals surface area contributed by atoms with Gasteiger partial charge in [-0.1, -0.05) is 18.2 Å². The minimum Gasteiger partial charge on any atom is -0.491 e. The van der Waals surface area contributed by atoms with Crippen LogP contribution in [0.2, 0.25) is 0 Å². The number of carbonyl (C=O) groups is 2. The molecule has 0 fully saturated rings. The second-order valence-electron chi connectivity index (χ2n) is 4.47. The molecule has 2 rings (SSSR count). The van der Waals surface area contributed by atoms with Crippen LogP contribution in [0.5, 0.6) is 11.6 Å². The van der Waals surface area contributed by atoms with Crippen LogP contribution in [-0.4, -0.2) is 30.9 Å². The number of para-hydroxylation sites is 1. The van der Waals surface area contributed by atoms with Gasteiger partial charge in [-0.2, -0.15) is 0 Å². The number of Topliss-reactive ketones (excluding diaryl/α,β-unsaturated/α-hetero) is 1. The zero-order valence-corrected chi connectivity index (χ0v) is 12.5. The van der Waals surface area contributed by atoms with Crippen molar-refractivity contribution in [3.05, 3.63) is 47.7 Å². The Balaban J connectivity index is 2.44. The maximum Gasteiger partial charge on any atom is 0.258 e. The molecule has 0 unspecified atom stereocenters. The molecule has 0 radical (unpaired) electrons. The molecule has 2 aromatic rings. The number of ether oxygens (including phenoxy) is 2. The predicted molar refractivity (Wildman–Crippen MR) is 81.7 cm³/mol. The highest BCUT2D eigenvalue weighted by atomic mass is 16.5. The molecule has 0 bridgehead atoms. The number of carbonyl (C=O) groups excluding carboxylic acids is 2. The molecular formula is C16H16N2O4. The van der Waals surface area contributed by atoms with Gasteiger partial charge in [-0.3, -0.25) is 9.59 Å². The first-order valence-electron chi connectivity index (χ1n) is 6.57. The van der Waals surface area contributed by atoms with Crippen LogP contribution in [-0.2, 0) is 0 Å². The molecule has 1 heterocycles. The lowest BCUT2D eigenvalue weighted by Crippen LogP contribution is -2.17. The van der Waals surface area contributed by atoms with Crippen molar-refractivity contribution >= 4 is 17.4 Å². The number of hydrogen-bond donors (Lipinski definition) is 1. The van der Waals surface area contributed by atoms with Gasteiger partial charge in [-0.15, -0.1) is 0 Å². The number of pyridine rings is 1. The van der Waals surface area contributed by atoms with Crippen molar-refractivity contribution in [1.82, 2.24) is 4.98 Å². The van der Waals surface area contributed by atoms with E-state index in [4.69, 9.17) is 9.47 Å². The van der Waals surface area contributed by atoms with E-state index in [1.807, 2.05) is 6.07 Å². The Kier molecular flexibility index (Phi) is 4.73. The number of anilines is 1. The lowest BCUT2D eigenvalue weighted by Gasteiger charge is -2.12. The zero-order valence-electron chi connectivity index (χ0n) is 12.5. The summed E-state index contributed by atoms with van der Waals surface area (Å²) < 4.78 is 10.2. The highest BCUT2D eigenvalue weighted by molar-refractivity contribution is 6.11. The fourth-order valence-corrected chi connectivity index (χ4v) is 1.93. The van der Waals surface area contributed by atoms with E-state index in [-0.39, 0.29) is 28.7 Å². The molecule has 0 saturated carbocycles. The lowest BCUT2D eigenvalue weighted by molar-refractivity contribution is 0.0980. The van der Waals surface area contributed by atoms with Crippen molar-refractivity contribution in [3.63, 3.8) is 0 Å². The maximum atomic E-state index is 12.4. The van der Waals surface area contributed by atoms with Crippen molar-refractivity contribution in [2.45, 2.75) is 6.92 Å². The summed E-state index contributed by atoms with van der Waals surface area (Å²) in [5.41, 5.74) is 0.789. The van der Waals surface area contributed by atoms with Gasteiger partial charge in [0.15, 0.2) is 11.5 Å². The lowest BCUT2D eigenvalue weighted by atomic mass is 10.1. The van der Waals surface area contributed by atoms with E-state index in [0.717, 1.165) is 0 Å². The highest BCUT2D eigenvalue weighted by Gasteiger charge is 2.21. The molecule has 114 valence electrons. The first-order chi connectivity index (χ1) is 10.6. The normalized spacial score (nSPS) is 9.95. The molecule has 0 aliphatic rings. The fraction of sp³-hybridized carbons (Fsp3) is 0.188. The number of ketones is 1. The number of methoxy groups -OCH3 is 2. The van der Waals surface area contributed by atoms with Crippen molar-refractivity contribution < 1.29 is 19.1 Å². The Morgan fingerprint density at radius 2 is 1.77 bits per heavy atom. The van der Waals surface area contributed by atoms with E-state index >= 15 is 0 Å². The molecule has 0 aliphatic carbocycles. The summed E-state index contributed by atoms with van der Waals surface area (Å²) in [7, 11) is 2.85. The van der Waals surface area contributed by atoms with E-state index in [1.54, 1.807) is 24.3 Å². The first kappa shape index (κ1) is 15.5. The number of benzene rings is 1. The Labute approximate surface area is 128 Å². The van der Waals surface area contributed by atoms with Crippen LogP contribution in [0.4, 0.5) is 5.69 Å². The van der Waals surface area contributed by atoms with Gasteiger partial charge in [-0.05, 0) is 12.1 Å². The Morgan fingerprint density at radius 1 is 1.09 bits per heavy atom. The number of amides is 1. The Morgan fingerprint density at radius 3 is 2.32 bits per heavy atom. The molecule has 0 saturated heterocycles. The summed E-state index contributed by atoms with van der Waals surface area (Å²) in [6.45, 7) is 1.34. The van der Waals surface area contributed by atoms with Crippen LogP contribution in [0.3, 0.4) is 0 Å². The molecule has 0 spiro atoms. The predicted octanol–water partition coefficient (Wildman–Crippen LogP) is 2.55. The molecule has 6 heteroatoms. The van der Waals surface area contributed by atoms with E-state index in [2.05, 4.69) is 10.3 Å². The number of aromatic nitrogens is 1. The average Bonchev–Trinajstić information content (AvgIpc) is 2.54. The van der Waals surface area contributed by atoms with Crippen molar-refractivity contribution in [1.29, 1.82) is 0 Å². The number of hydrogen-bond acceptors (Lipinski definition) is 5. The van der Waals surface area contributed by atoms with E-state index in [9.17, 15) is 9.59 Å². The smallest absolute Gasteiger partial charge is 0.258 e. The summed E-state index contributed by atoms with van der Waals surface area (Å²) in [5.74, 6) is -0.335. The summed E-state index contributed by atoms with van der Waals surface area (Å²) >= 11 is 0. The van der Waals surface area contributed by atoms with Crippen LogP contribution >= 0.6 is 0 Å². The standard InChI is InChI=1S/C16H16N2O4/c1-10(19)14-12(9-13(21-2)16(18-14)22-3)15(20)17-11-7-5-4-6-8-11/h4-9H,1-3H3,(H,17,20). The van der Waals surface area contributed by atoms with Crippen LogP contribution in [0, 0.1) is 0 Å². The summed E-state index contributed by atoms with van der Waals surface area (Å²) in [5, 5.41) is 2.71. The third-order valence-corrected chi connectivity index (χ3v) is 2.98. The molecular weight excluding hydrogens is 284 g/mol. The molecule has 1 amide bonds. The minimum absolute atomic E-state index is 0.0334. The van der Waals surface area contributed by atoms with Gasteiger partial charge in [0, 0.05) is 18.7 Å². The second-order valence-corrected chi connectivity index (χ2v) is 4.47. The van der Waals surface area contributed by atoms with Crippen molar-refractivity contribution in [2.75, 3.05) is 19.5 Å². The monoisotopic (exact) mass is 300 g/mol. The van der Waals surface area contributed by atoms with Gasteiger partial charge >= 0.3 is 0 Å². The SMILES string of the molecule is COc1cc(C(=O)Nc2ccccc2)c(C(C)=O)nc1OC. The third kappa shape index (κ3) is 3.22. The van der Waals surface area contributed by atoms with Gasteiger partial charge in [0.2, 0.25) is 0 Å². The summed E-state index contributed by atoms with van der Waals surface area (Å²) in [6, 6.07) is 10.4. The Bertz CT molecular complexity index is 699. The molecule has 1 aromatic heterocycles. The van der Waals surface area contributed by atoms with Gasteiger partial charge in [-0.25, -0.2) is 4.98 Å². The highest BCUT2D eigenvalue weighted by Crippen LogP contribution is 2.27. The molecule has 1 aromatic carbocycles. The summed E-state index contributed by atoms with van der Waals surface area (Å²) in [6.07, 6.45) is 0. The number of rotatable bonds is 5. The molecule has 1 N–H and O–H groups in total. The zero-order chi connectivity index (χ0) is 16.1. The Hall–Kier alpha value is -2.89. The number of nitrogens with zero attached hydrogens (tertiary/aromatic N) is 1. The third-order valence-electron chi connectivity index (χ3n) is 2.98. The van der Waals surface area contributed by atoms with Gasteiger partial charge in [0.1, 0.15) is 5.69 Å². The minimum atomic E-state index is -0.440. The molecule has 6 nitrogen and oxygen atoms in total. The van der Waals surface area contributed by atoms with Crippen LogP contribution in [0.25, 0.3) is 0 Å². The van der Waals surface area contributed by atoms with Gasteiger partial charge in [0.25, 0.3) is 11.8 Å². The van der Waals surface area contributed by atoms with Crippen LogP contribution in [0.15, 0.2) is 36.4 Å². The van der Waals surface area contributed by atoms with Crippen LogP contribution < -0.4 is 14.8 Å². The van der Waals surface area contributed by atoms with Gasteiger partial charge < -0.3 is 14.8 Å². The van der Waals surface area contributed by atoms with Crippen molar-refractivity contribution in [2.24, 2.45) is 0 Å². The van der Waals surface area contributed by atoms with E-state index in [1.165, 1.54) is 27.2 Å². The van der Waals surface area contributed by atoms with Crippen molar-refractivity contribution in [3.8, 4) is 11.6 Å². The maximum absolute atomic E-state index is 12.4. The van der Waals surface area contributed by atoms with E-state index in [0.29, 0.717) is 5.69 Å². The van der Waals surface area contributed by atoms with Crippen LogP contribution in [0.1, 0.15) is 27.8 Å². The number of nitrogens with one attached hydrogen (secondary N) is 1.